The van der Waals surface area contributed by atoms with Gasteiger partial charge in [0, 0.05) is 12.1 Å². The normalized spacial score (nSPS) is 16.9. The molecule has 1 atom stereocenters. The minimum Gasteiger partial charge on any atom is -0.507 e. The Morgan fingerprint density at radius 3 is 2.03 bits per heavy atom. The number of rotatable bonds is 15. The van der Waals surface area contributed by atoms with Gasteiger partial charge in [0.1, 0.15) is 17.3 Å². The summed E-state index contributed by atoms with van der Waals surface area (Å²) >= 11 is 0. The molecule has 0 bridgehead atoms. The third-order valence-electron chi connectivity index (χ3n) is 6.87. The SMILES string of the molecule is CCCCOc1ccc(C2/C(=C(\O)c3ccc(OCCC)cc3)C(=O)C(=O)N2CCCN(CC)CC)cc1. The molecule has 1 fully saturated rings. The third kappa shape index (κ3) is 7.16. The van der Waals surface area contributed by atoms with Crippen LogP contribution in [0.3, 0.4) is 0 Å². The number of Topliss-reactive ketones (excluding diaryl/α,β-unsaturated/α-hetero) is 1. The summed E-state index contributed by atoms with van der Waals surface area (Å²) in [4.78, 5) is 30.4. The van der Waals surface area contributed by atoms with Crippen LogP contribution in [0.5, 0.6) is 11.5 Å². The first-order chi connectivity index (χ1) is 18.4. The lowest BCUT2D eigenvalue weighted by molar-refractivity contribution is -0.140. The molecule has 1 N–H and O–H groups in total. The molecule has 7 heteroatoms. The number of aliphatic hydroxyl groups excluding tert-OH is 1. The second-order valence-corrected chi connectivity index (χ2v) is 9.52. The molecule has 2 aromatic carbocycles. The molecular formula is C31H42N2O5. The van der Waals surface area contributed by atoms with Crippen LogP contribution in [0.4, 0.5) is 0 Å². The van der Waals surface area contributed by atoms with E-state index in [-0.39, 0.29) is 11.3 Å². The van der Waals surface area contributed by atoms with Crippen molar-refractivity contribution in [3.05, 3.63) is 65.2 Å². The summed E-state index contributed by atoms with van der Waals surface area (Å²) in [6.45, 7) is 12.7. The van der Waals surface area contributed by atoms with Crippen LogP contribution in [0.15, 0.2) is 54.1 Å². The molecule has 1 aliphatic rings. The van der Waals surface area contributed by atoms with Gasteiger partial charge in [0.15, 0.2) is 0 Å². The van der Waals surface area contributed by atoms with E-state index in [1.54, 1.807) is 29.2 Å². The molecule has 0 radical (unpaired) electrons. The highest BCUT2D eigenvalue weighted by Crippen LogP contribution is 2.40. The molecule has 38 heavy (non-hydrogen) atoms. The summed E-state index contributed by atoms with van der Waals surface area (Å²) in [6, 6.07) is 13.8. The van der Waals surface area contributed by atoms with Crippen molar-refractivity contribution in [3.63, 3.8) is 0 Å². The second kappa shape index (κ2) is 14.6. The largest absolute Gasteiger partial charge is 0.507 e. The number of ether oxygens (including phenoxy) is 2. The number of ketones is 1. The molecule has 0 saturated carbocycles. The van der Waals surface area contributed by atoms with Gasteiger partial charge >= 0.3 is 0 Å². The topological polar surface area (TPSA) is 79.3 Å². The van der Waals surface area contributed by atoms with Gasteiger partial charge < -0.3 is 24.4 Å². The van der Waals surface area contributed by atoms with Crippen molar-refractivity contribution in [3.8, 4) is 11.5 Å². The highest BCUT2D eigenvalue weighted by molar-refractivity contribution is 6.46. The van der Waals surface area contributed by atoms with Crippen molar-refractivity contribution >= 4 is 17.4 Å². The van der Waals surface area contributed by atoms with E-state index in [4.69, 9.17) is 9.47 Å². The summed E-state index contributed by atoms with van der Waals surface area (Å²) in [5, 5.41) is 11.3. The summed E-state index contributed by atoms with van der Waals surface area (Å²) < 4.78 is 11.5. The van der Waals surface area contributed by atoms with Crippen LogP contribution in [0.25, 0.3) is 5.76 Å². The molecule has 1 heterocycles. The molecule has 0 spiro atoms. The van der Waals surface area contributed by atoms with E-state index >= 15 is 0 Å². The summed E-state index contributed by atoms with van der Waals surface area (Å²) in [6.07, 6.45) is 3.64. The molecule has 1 unspecified atom stereocenters. The summed E-state index contributed by atoms with van der Waals surface area (Å²) in [5.74, 6) is 0.0101. The Morgan fingerprint density at radius 2 is 1.45 bits per heavy atom. The first kappa shape index (κ1) is 29.2. The van der Waals surface area contributed by atoms with Crippen molar-refractivity contribution in [1.29, 1.82) is 0 Å². The number of carbonyl (C=O) groups excluding carboxylic acids is 2. The van der Waals surface area contributed by atoms with Gasteiger partial charge in [0.25, 0.3) is 11.7 Å². The Kier molecular flexibility index (Phi) is 11.2. The van der Waals surface area contributed by atoms with Gasteiger partial charge in [-0.1, -0.05) is 46.2 Å². The monoisotopic (exact) mass is 522 g/mol. The molecule has 2 aromatic rings. The van der Waals surface area contributed by atoms with E-state index in [1.165, 1.54) is 0 Å². The average Bonchev–Trinajstić information content (AvgIpc) is 3.19. The van der Waals surface area contributed by atoms with E-state index < -0.39 is 17.7 Å². The number of aliphatic hydroxyl groups is 1. The van der Waals surface area contributed by atoms with Crippen molar-refractivity contribution in [2.75, 3.05) is 39.4 Å². The average molecular weight is 523 g/mol. The standard InChI is InChI=1S/C31H42N2O5/c1-5-9-22-38-26-15-11-23(12-16-26)28-27(29(34)24-13-17-25(18-14-24)37-21-6-2)30(35)31(36)33(28)20-10-19-32(7-3)8-4/h11-18,28,34H,5-10,19-22H2,1-4H3/b29-27+. The van der Waals surface area contributed by atoms with Gasteiger partial charge in [0.2, 0.25) is 0 Å². The van der Waals surface area contributed by atoms with Crippen LogP contribution in [0, 0.1) is 0 Å². The molecule has 3 rings (SSSR count). The second-order valence-electron chi connectivity index (χ2n) is 9.52. The molecule has 0 aliphatic carbocycles. The third-order valence-corrected chi connectivity index (χ3v) is 6.87. The lowest BCUT2D eigenvalue weighted by Gasteiger charge is -2.27. The quantitative estimate of drug-likeness (QED) is 0.138. The Labute approximate surface area is 227 Å². The molecule has 7 nitrogen and oxygen atoms in total. The summed E-state index contributed by atoms with van der Waals surface area (Å²) in [5.41, 5.74) is 1.35. The fraction of sp³-hybridized carbons (Fsp3) is 0.484. The van der Waals surface area contributed by atoms with Crippen LogP contribution >= 0.6 is 0 Å². The van der Waals surface area contributed by atoms with Gasteiger partial charge in [-0.3, -0.25) is 9.59 Å². The molecular weight excluding hydrogens is 480 g/mol. The van der Waals surface area contributed by atoms with Crippen LogP contribution in [0.2, 0.25) is 0 Å². The maximum absolute atomic E-state index is 13.3. The van der Waals surface area contributed by atoms with Crippen LogP contribution in [-0.4, -0.2) is 66.0 Å². The van der Waals surface area contributed by atoms with Crippen molar-refractivity contribution in [1.82, 2.24) is 9.80 Å². The minimum atomic E-state index is -0.674. The fourth-order valence-electron chi connectivity index (χ4n) is 4.63. The van der Waals surface area contributed by atoms with Gasteiger partial charge in [-0.2, -0.15) is 0 Å². The smallest absolute Gasteiger partial charge is 0.295 e. The van der Waals surface area contributed by atoms with Gasteiger partial charge in [0.05, 0.1) is 24.8 Å². The Bertz CT molecular complexity index is 1070. The zero-order valence-corrected chi connectivity index (χ0v) is 23.2. The maximum atomic E-state index is 13.3. The van der Waals surface area contributed by atoms with E-state index in [2.05, 4.69) is 25.7 Å². The number of amides is 1. The van der Waals surface area contributed by atoms with Crippen LogP contribution in [0.1, 0.15) is 70.5 Å². The predicted molar refractivity (Wildman–Crippen MR) is 150 cm³/mol. The first-order valence-electron chi connectivity index (χ1n) is 13.9. The zero-order chi connectivity index (χ0) is 27.5. The fourth-order valence-corrected chi connectivity index (χ4v) is 4.63. The van der Waals surface area contributed by atoms with Crippen LogP contribution in [-0.2, 0) is 9.59 Å². The van der Waals surface area contributed by atoms with Gasteiger partial charge in [-0.05, 0) is 80.9 Å². The van der Waals surface area contributed by atoms with Gasteiger partial charge in [-0.25, -0.2) is 0 Å². The number of benzene rings is 2. The van der Waals surface area contributed by atoms with E-state index in [9.17, 15) is 14.7 Å². The highest BCUT2D eigenvalue weighted by Gasteiger charge is 2.45. The lowest BCUT2D eigenvalue weighted by atomic mass is 9.95. The first-order valence-corrected chi connectivity index (χ1v) is 13.9. The number of nitrogens with zero attached hydrogens (tertiary/aromatic N) is 2. The molecule has 1 saturated heterocycles. The molecule has 1 amide bonds. The maximum Gasteiger partial charge on any atom is 0.295 e. The molecule has 206 valence electrons. The summed E-state index contributed by atoms with van der Waals surface area (Å²) in [7, 11) is 0. The predicted octanol–water partition coefficient (Wildman–Crippen LogP) is 5.81. The Balaban J connectivity index is 1.95. The number of likely N-dealkylation sites (tertiary alicyclic amines) is 1. The Morgan fingerprint density at radius 1 is 0.842 bits per heavy atom. The lowest BCUT2D eigenvalue weighted by Crippen LogP contribution is -2.33. The highest BCUT2D eigenvalue weighted by atomic mass is 16.5. The van der Waals surface area contributed by atoms with Crippen molar-refractivity contribution < 1.29 is 24.2 Å². The molecule has 1 aliphatic heterocycles. The minimum absolute atomic E-state index is 0.111. The number of hydrogen-bond donors (Lipinski definition) is 1. The van der Waals surface area contributed by atoms with E-state index in [1.807, 2.05) is 31.2 Å². The van der Waals surface area contributed by atoms with E-state index in [0.717, 1.165) is 56.6 Å². The molecule has 0 aromatic heterocycles. The number of hydrogen-bond acceptors (Lipinski definition) is 6. The van der Waals surface area contributed by atoms with Crippen molar-refractivity contribution in [2.24, 2.45) is 0 Å². The zero-order valence-electron chi connectivity index (χ0n) is 23.2. The number of carbonyl (C=O) groups is 2. The van der Waals surface area contributed by atoms with Crippen molar-refractivity contribution in [2.45, 2.75) is 59.4 Å². The van der Waals surface area contributed by atoms with Gasteiger partial charge in [-0.15, -0.1) is 0 Å². The van der Waals surface area contributed by atoms with E-state index in [0.29, 0.717) is 31.1 Å². The number of unbranched alkanes of at least 4 members (excludes halogenated alkanes) is 1. The van der Waals surface area contributed by atoms with Crippen LogP contribution < -0.4 is 9.47 Å². The Hall–Kier alpha value is -3.32.